The summed E-state index contributed by atoms with van der Waals surface area (Å²) in [5, 5.41) is 10.1. The zero-order valence-corrected chi connectivity index (χ0v) is 29.6. The van der Waals surface area contributed by atoms with E-state index in [-0.39, 0.29) is 0 Å². The van der Waals surface area contributed by atoms with E-state index in [4.69, 9.17) is 0 Å². The molecule has 0 saturated carbocycles. The lowest BCUT2D eigenvalue weighted by Crippen LogP contribution is -2.11. The highest BCUT2D eigenvalue weighted by atomic mass is 32.1. The molecule has 0 unspecified atom stereocenters. The van der Waals surface area contributed by atoms with Crippen LogP contribution in [0.3, 0.4) is 0 Å². The maximum Gasteiger partial charge on any atom is 0.0546 e. The molecule has 0 aliphatic carbocycles. The molecule has 248 valence electrons. The van der Waals surface area contributed by atoms with Crippen LogP contribution in [-0.4, -0.2) is 4.57 Å². The van der Waals surface area contributed by atoms with E-state index in [2.05, 4.69) is 204 Å². The van der Waals surface area contributed by atoms with Crippen molar-refractivity contribution in [1.82, 2.24) is 4.57 Å². The van der Waals surface area contributed by atoms with E-state index < -0.39 is 0 Å². The molecule has 0 amide bonds. The molecule has 2 aromatic heterocycles. The van der Waals surface area contributed by atoms with Crippen LogP contribution in [0.15, 0.2) is 194 Å². The van der Waals surface area contributed by atoms with Crippen molar-refractivity contribution in [2.45, 2.75) is 0 Å². The molecule has 0 aliphatic heterocycles. The lowest BCUT2D eigenvalue weighted by Gasteiger charge is -2.28. The first-order chi connectivity index (χ1) is 26.3. The van der Waals surface area contributed by atoms with Crippen molar-refractivity contribution in [3.63, 3.8) is 0 Å². The van der Waals surface area contributed by atoms with Gasteiger partial charge in [-0.2, -0.15) is 0 Å². The Morgan fingerprint density at radius 3 is 1.74 bits per heavy atom. The summed E-state index contributed by atoms with van der Waals surface area (Å²) >= 11 is 1.88. The first-order valence-corrected chi connectivity index (χ1v) is 18.9. The van der Waals surface area contributed by atoms with Crippen LogP contribution in [0, 0.1) is 0 Å². The Morgan fingerprint density at radius 2 is 0.981 bits per heavy atom. The number of aromatic nitrogens is 1. The van der Waals surface area contributed by atoms with Crippen LogP contribution in [0.25, 0.3) is 80.3 Å². The van der Waals surface area contributed by atoms with Gasteiger partial charge in [0.05, 0.1) is 16.7 Å². The fourth-order valence-electron chi connectivity index (χ4n) is 8.32. The third kappa shape index (κ3) is 4.78. The lowest BCUT2D eigenvalue weighted by atomic mass is 9.97. The molecule has 11 rings (SSSR count). The molecule has 3 heteroatoms. The SMILES string of the molecule is c1ccc(-c2ccc(N(c3cccc(-n4c5ccccc5c5ccccc54)c3)c3cc4cc5c(cc4c4ccccc34)sc3ccccc35)cc2)cc1. The van der Waals surface area contributed by atoms with E-state index in [0.29, 0.717) is 0 Å². The zero-order valence-electron chi connectivity index (χ0n) is 28.8. The Labute approximate surface area is 311 Å². The summed E-state index contributed by atoms with van der Waals surface area (Å²) in [6, 6.07) is 71.0. The molecular formula is C50H32N2S. The molecular weight excluding hydrogens is 661 g/mol. The molecule has 0 aliphatic rings. The van der Waals surface area contributed by atoms with Gasteiger partial charge in [-0.15, -0.1) is 11.3 Å². The van der Waals surface area contributed by atoms with Gasteiger partial charge in [-0.25, -0.2) is 0 Å². The maximum absolute atomic E-state index is 2.45. The summed E-state index contributed by atoms with van der Waals surface area (Å²) in [5.74, 6) is 0. The van der Waals surface area contributed by atoms with Crippen LogP contribution in [0.5, 0.6) is 0 Å². The molecule has 0 saturated heterocycles. The lowest BCUT2D eigenvalue weighted by molar-refractivity contribution is 1.17. The quantitative estimate of drug-likeness (QED) is 0.163. The van der Waals surface area contributed by atoms with Gasteiger partial charge in [0.2, 0.25) is 0 Å². The second-order valence-corrected chi connectivity index (χ2v) is 14.8. The van der Waals surface area contributed by atoms with Crippen molar-refractivity contribution in [2.24, 2.45) is 0 Å². The molecule has 0 bridgehead atoms. The molecule has 0 radical (unpaired) electrons. The Hall–Kier alpha value is -6.68. The van der Waals surface area contributed by atoms with Crippen LogP contribution in [-0.2, 0) is 0 Å². The normalized spacial score (nSPS) is 11.8. The molecule has 2 heterocycles. The Morgan fingerprint density at radius 1 is 0.358 bits per heavy atom. The van der Waals surface area contributed by atoms with Gasteiger partial charge >= 0.3 is 0 Å². The molecule has 11 aromatic rings. The van der Waals surface area contributed by atoms with Gasteiger partial charge in [-0.1, -0.05) is 127 Å². The van der Waals surface area contributed by atoms with Crippen molar-refractivity contribution in [3.05, 3.63) is 194 Å². The van der Waals surface area contributed by atoms with Gasteiger partial charge in [0, 0.05) is 53.4 Å². The Bertz CT molecular complexity index is 3120. The summed E-state index contributed by atoms with van der Waals surface area (Å²) in [6.07, 6.45) is 0. The van der Waals surface area contributed by atoms with Gasteiger partial charge in [0.15, 0.2) is 0 Å². The first kappa shape index (κ1) is 30.0. The number of hydrogen-bond acceptors (Lipinski definition) is 2. The Kier molecular flexibility index (Phi) is 6.76. The highest BCUT2D eigenvalue weighted by molar-refractivity contribution is 7.25. The van der Waals surface area contributed by atoms with Crippen LogP contribution < -0.4 is 4.90 Å². The number of hydrogen-bond donors (Lipinski definition) is 0. The minimum atomic E-state index is 1.10. The number of para-hydroxylation sites is 2. The smallest absolute Gasteiger partial charge is 0.0546 e. The number of benzene rings is 9. The number of rotatable bonds is 5. The second-order valence-electron chi connectivity index (χ2n) is 13.7. The van der Waals surface area contributed by atoms with E-state index in [1.165, 1.54) is 74.6 Å². The third-order valence-corrected chi connectivity index (χ3v) is 11.9. The van der Waals surface area contributed by atoms with Crippen LogP contribution in [0.2, 0.25) is 0 Å². The number of fused-ring (bicyclic) bond motifs is 9. The monoisotopic (exact) mass is 692 g/mol. The van der Waals surface area contributed by atoms with E-state index in [0.717, 1.165) is 22.7 Å². The predicted octanol–water partition coefficient (Wildman–Crippen LogP) is 14.6. The summed E-state index contributed by atoms with van der Waals surface area (Å²) in [6.45, 7) is 0. The minimum Gasteiger partial charge on any atom is -0.310 e. The Balaban J connectivity index is 1.18. The minimum absolute atomic E-state index is 1.10. The van der Waals surface area contributed by atoms with Gasteiger partial charge in [0.25, 0.3) is 0 Å². The highest BCUT2D eigenvalue weighted by Gasteiger charge is 2.20. The maximum atomic E-state index is 2.45. The van der Waals surface area contributed by atoms with E-state index in [1.807, 2.05) is 11.3 Å². The molecule has 0 fully saturated rings. The van der Waals surface area contributed by atoms with Crippen molar-refractivity contribution in [3.8, 4) is 16.8 Å². The average Bonchev–Trinajstić information content (AvgIpc) is 3.76. The molecule has 53 heavy (non-hydrogen) atoms. The largest absolute Gasteiger partial charge is 0.310 e. The van der Waals surface area contributed by atoms with Gasteiger partial charge < -0.3 is 9.47 Å². The summed E-state index contributed by atoms with van der Waals surface area (Å²) in [7, 11) is 0. The summed E-state index contributed by atoms with van der Waals surface area (Å²) in [5.41, 5.74) is 9.30. The second kappa shape index (κ2) is 11.9. The van der Waals surface area contributed by atoms with Crippen molar-refractivity contribution >= 4 is 91.9 Å². The highest BCUT2D eigenvalue weighted by Crippen LogP contribution is 2.45. The average molecular weight is 693 g/mol. The van der Waals surface area contributed by atoms with Gasteiger partial charge in [-0.05, 0) is 94.0 Å². The predicted molar refractivity (Wildman–Crippen MR) is 229 cm³/mol. The van der Waals surface area contributed by atoms with Crippen LogP contribution in [0.4, 0.5) is 17.1 Å². The summed E-state index contributed by atoms with van der Waals surface area (Å²) < 4.78 is 5.05. The molecule has 2 nitrogen and oxygen atoms in total. The zero-order chi connectivity index (χ0) is 34.9. The topological polar surface area (TPSA) is 8.17 Å². The molecule has 0 atom stereocenters. The van der Waals surface area contributed by atoms with E-state index >= 15 is 0 Å². The standard InChI is InChI=1S/C50H32N2S/c1-2-13-33(14-3-1)34-25-27-36(28-26-34)51(37-15-12-16-38(31-37)52-46-22-9-6-19-41(46)42-20-7-10-23-47(42)52)48-30-35-29-45-43-21-8-11-24-49(43)53-50(45)32-44(35)39-17-4-5-18-40(39)48/h1-32H. The molecule has 0 N–H and O–H groups in total. The molecule has 9 aromatic carbocycles. The van der Waals surface area contributed by atoms with E-state index in [9.17, 15) is 0 Å². The third-order valence-electron chi connectivity index (χ3n) is 10.7. The van der Waals surface area contributed by atoms with Gasteiger partial charge in [-0.3, -0.25) is 0 Å². The van der Waals surface area contributed by atoms with Crippen LogP contribution in [0.1, 0.15) is 0 Å². The number of thiophene rings is 1. The number of anilines is 3. The molecule has 0 spiro atoms. The van der Waals surface area contributed by atoms with Crippen molar-refractivity contribution < 1.29 is 0 Å². The van der Waals surface area contributed by atoms with Crippen LogP contribution >= 0.6 is 11.3 Å². The van der Waals surface area contributed by atoms with Gasteiger partial charge in [0.1, 0.15) is 0 Å². The summed E-state index contributed by atoms with van der Waals surface area (Å²) in [4.78, 5) is 2.45. The first-order valence-electron chi connectivity index (χ1n) is 18.1. The van der Waals surface area contributed by atoms with Crippen molar-refractivity contribution in [2.75, 3.05) is 4.90 Å². The fraction of sp³-hybridized carbons (Fsp3) is 0. The fourth-order valence-corrected chi connectivity index (χ4v) is 9.45. The van der Waals surface area contributed by atoms with E-state index in [1.54, 1.807) is 0 Å². The van der Waals surface area contributed by atoms with Crippen molar-refractivity contribution in [1.29, 1.82) is 0 Å². The number of nitrogens with zero attached hydrogens (tertiary/aromatic N) is 2.